The van der Waals surface area contributed by atoms with Gasteiger partial charge in [0.25, 0.3) is 0 Å². The molecule has 4 aromatic rings. The number of halogens is 2. The number of carbonyl (C=O) groups excluding carboxylic acids is 1. The summed E-state index contributed by atoms with van der Waals surface area (Å²) in [6.45, 7) is 0. The van der Waals surface area contributed by atoms with Gasteiger partial charge in [0.2, 0.25) is 0 Å². The quantitative estimate of drug-likeness (QED) is 0.255. The number of carbonyl (C=O) groups is 2. The van der Waals surface area contributed by atoms with Crippen LogP contribution in [0, 0.1) is 5.41 Å². The van der Waals surface area contributed by atoms with Gasteiger partial charge in [0.15, 0.2) is 23.3 Å². The highest BCUT2D eigenvalue weighted by atomic mass is 79.9. The Morgan fingerprint density at radius 3 is 2.61 bits per heavy atom. The Bertz CT molecular complexity index is 1570. The van der Waals surface area contributed by atoms with Crippen molar-refractivity contribution in [2.75, 3.05) is 0 Å². The number of carboxylic acids is 1. The van der Waals surface area contributed by atoms with Crippen molar-refractivity contribution in [1.29, 1.82) is 0 Å². The Morgan fingerprint density at radius 2 is 1.92 bits per heavy atom. The molecule has 0 saturated heterocycles. The van der Waals surface area contributed by atoms with Gasteiger partial charge in [-0.25, -0.2) is 14.8 Å². The van der Waals surface area contributed by atoms with Crippen LogP contribution in [0.2, 0.25) is 0 Å². The van der Waals surface area contributed by atoms with Crippen molar-refractivity contribution in [2.24, 2.45) is 10.4 Å². The van der Waals surface area contributed by atoms with Gasteiger partial charge in [0.05, 0.1) is 15.7 Å². The zero-order valence-electron chi connectivity index (χ0n) is 20.4. The first kappa shape index (κ1) is 25.2. The fourth-order valence-corrected chi connectivity index (χ4v) is 7.04. The first-order valence-electron chi connectivity index (χ1n) is 12.6. The number of ketones is 1. The van der Waals surface area contributed by atoms with Crippen molar-refractivity contribution >= 4 is 60.5 Å². The van der Waals surface area contributed by atoms with E-state index in [0.29, 0.717) is 5.71 Å². The molecule has 0 radical (unpaired) electrons. The number of aromatic nitrogens is 4. The molecule has 0 bridgehead atoms. The Labute approximate surface area is 235 Å². The summed E-state index contributed by atoms with van der Waals surface area (Å²) in [6.07, 6.45) is 6.56. The second-order valence-electron chi connectivity index (χ2n) is 9.95. The minimum Gasteiger partial charge on any atom is -0.480 e. The lowest BCUT2D eigenvalue weighted by Crippen LogP contribution is -2.61. The molecule has 1 spiro atoms. The number of fused-ring (bicyclic) bond motifs is 1. The van der Waals surface area contributed by atoms with Gasteiger partial charge in [0.1, 0.15) is 10.3 Å². The molecule has 1 unspecified atom stereocenters. The molecule has 2 aliphatic carbocycles. The number of imidazole rings is 1. The lowest BCUT2D eigenvalue weighted by Gasteiger charge is -2.47. The number of benzene rings is 1. The molecule has 6 rings (SSSR count). The molecule has 2 aliphatic rings. The zero-order valence-corrected chi connectivity index (χ0v) is 23.6. The molecule has 8 nitrogen and oxygen atoms in total. The number of aliphatic imine (C=N–C) groups is 1. The molecule has 2 fully saturated rings. The van der Waals surface area contributed by atoms with Crippen LogP contribution in [0.4, 0.5) is 0 Å². The molecule has 2 saturated carbocycles. The number of aliphatic carboxylic acids is 1. The third kappa shape index (κ3) is 4.23. The zero-order chi connectivity index (χ0) is 26.4. The van der Waals surface area contributed by atoms with E-state index in [1.54, 1.807) is 6.20 Å². The van der Waals surface area contributed by atoms with Crippen LogP contribution in [0.1, 0.15) is 37.7 Å². The van der Waals surface area contributed by atoms with Crippen LogP contribution in [-0.4, -0.2) is 53.0 Å². The number of nitrogens with zero attached hydrogens (tertiary/aromatic N) is 4. The number of carboxylic acid groups (broad SMARTS) is 1. The molecule has 194 valence electrons. The van der Waals surface area contributed by atoms with E-state index in [-0.39, 0.29) is 12.2 Å². The largest absolute Gasteiger partial charge is 0.480 e. The Morgan fingerprint density at radius 1 is 1.16 bits per heavy atom. The van der Waals surface area contributed by atoms with Crippen molar-refractivity contribution in [3.8, 4) is 17.2 Å². The van der Waals surface area contributed by atoms with E-state index in [0.717, 1.165) is 70.6 Å². The Hall–Kier alpha value is -3.11. The van der Waals surface area contributed by atoms with Crippen LogP contribution in [0.5, 0.6) is 0 Å². The molecule has 3 aromatic heterocycles. The van der Waals surface area contributed by atoms with E-state index in [1.165, 1.54) is 0 Å². The van der Waals surface area contributed by atoms with Gasteiger partial charge in [0, 0.05) is 24.0 Å². The smallest absolute Gasteiger partial charge is 0.328 e. The highest BCUT2D eigenvalue weighted by Crippen LogP contribution is 2.49. The van der Waals surface area contributed by atoms with Crippen LogP contribution in [-0.2, 0) is 16.0 Å². The summed E-state index contributed by atoms with van der Waals surface area (Å²) < 4.78 is 2.83. The fourth-order valence-electron chi connectivity index (χ4n) is 5.70. The lowest BCUT2D eigenvalue weighted by molar-refractivity contribution is -0.138. The number of pyridine rings is 1. The maximum atomic E-state index is 12.7. The number of hydrogen-bond donors (Lipinski definition) is 2. The second kappa shape index (κ2) is 9.89. The van der Waals surface area contributed by atoms with Gasteiger partial charge in [-0.2, -0.15) is 0 Å². The number of alkyl halides is 1. The third-order valence-corrected chi connectivity index (χ3v) is 8.96. The molecule has 2 N–H and O–H groups in total. The Kier molecular flexibility index (Phi) is 6.55. The van der Waals surface area contributed by atoms with E-state index in [1.807, 2.05) is 53.1 Å². The molecule has 0 aliphatic heterocycles. The minimum atomic E-state index is -0.990. The van der Waals surface area contributed by atoms with Crippen molar-refractivity contribution in [1.82, 2.24) is 19.5 Å². The Balaban J connectivity index is 1.31. The van der Waals surface area contributed by atoms with Crippen molar-refractivity contribution in [3.05, 3.63) is 64.9 Å². The van der Waals surface area contributed by atoms with Gasteiger partial charge in [-0.05, 0) is 70.7 Å². The number of nitrogens with one attached hydrogen (secondary N) is 1. The number of hydrogen-bond acceptors (Lipinski definition) is 5. The topological polar surface area (TPSA) is 113 Å². The van der Waals surface area contributed by atoms with Gasteiger partial charge in [-0.1, -0.05) is 47.3 Å². The first-order chi connectivity index (χ1) is 18.4. The average Bonchev–Trinajstić information content (AvgIpc) is 3.54. The van der Waals surface area contributed by atoms with E-state index < -0.39 is 22.3 Å². The predicted molar refractivity (Wildman–Crippen MR) is 152 cm³/mol. The van der Waals surface area contributed by atoms with Gasteiger partial charge < -0.3 is 10.1 Å². The van der Waals surface area contributed by atoms with Crippen LogP contribution in [0.3, 0.4) is 0 Å². The monoisotopic (exact) mass is 637 g/mol. The predicted octanol–water partition coefficient (Wildman–Crippen LogP) is 5.91. The standard InChI is InChI=1S/C28H25Br2N5O3/c29-21-11-10-19(32-21)26-34-18-5-4-14-31-25(18)35(26)17-8-6-16(7-9-17)15-20(27(37)38)33-23-22(30)24(36)28(23)12-2-1-3-13-28/h4-11,14,20,22,32H,1-3,12-13,15H2,(H,37,38)/t20-,22?/m0/s1. The summed E-state index contributed by atoms with van der Waals surface area (Å²) in [5, 5.41) is 9.99. The summed E-state index contributed by atoms with van der Waals surface area (Å²) in [7, 11) is 0. The molecule has 0 amide bonds. The summed E-state index contributed by atoms with van der Waals surface area (Å²) in [5.41, 5.74) is 4.20. The SMILES string of the molecule is O=C(O)[C@H](Cc1ccc(-n2c(-c3ccc(Br)[nH]3)nc3cccnc32)cc1)N=C1C(Br)C(=O)C12CCCCC2. The first-order valence-corrected chi connectivity index (χ1v) is 14.4. The molecule has 2 atom stereocenters. The second-order valence-corrected chi connectivity index (χ2v) is 11.7. The molecule has 1 aromatic carbocycles. The lowest BCUT2D eigenvalue weighted by atomic mass is 9.58. The minimum absolute atomic E-state index is 0.149. The van der Waals surface area contributed by atoms with E-state index in [2.05, 4.69) is 46.8 Å². The molecular weight excluding hydrogens is 614 g/mol. The normalized spacial score (nSPS) is 20.6. The highest BCUT2D eigenvalue weighted by molar-refractivity contribution is 9.10. The van der Waals surface area contributed by atoms with Gasteiger partial charge in [-0.15, -0.1) is 0 Å². The van der Waals surface area contributed by atoms with Crippen molar-refractivity contribution < 1.29 is 14.7 Å². The van der Waals surface area contributed by atoms with Crippen molar-refractivity contribution in [3.63, 3.8) is 0 Å². The molecule has 10 heteroatoms. The molecular formula is C28H25Br2N5O3. The van der Waals surface area contributed by atoms with Gasteiger partial charge >= 0.3 is 5.97 Å². The van der Waals surface area contributed by atoms with E-state index in [4.69, 9.17) is 4.98 Å². The molecule has 38 heavy (non-hydrogen) atoms. The summed E-state index contributed by atoms with van der Waals surface area (Å²) in [5.74, 6) is -0.116. The van der Waals surface area contributed by atoms with Crippen LogP contribution in [0.15, 0.2) is 64.3 Å². The fraction of sp³-hybridized carbons (Fsp3) is 0.321. The van der Waals surface area contributed by atoms with Gasteiger partial charge in [-0.3, -0.25) is 14.4 Å². The van der Waals surface area contributed by atoms with Crippen LogP contribution >= 0.6 is 31.9 Å². The summed E-state index contributed by atoms with van der Waals surface area (Å²) in [6, 6.07) is 14.4. The van der Waals surface area contributed by atoms with E-state index in [9.17, 15) is 14.7 Å². The highest BCUT2D eigenvalue weighted by Gasteiger charge is 2.58. The average molecular weight is 639 g/mol. The van der Waals surface area contributed by atoms with Crippen LogP contribution < -0.4 is 0 Å². The maximum absolute atomic E-state index is 12.7. The summed E-state index contributed by atoms with van der Waals surface area (Å²) in [4.78, 5) is 41.8. The number of Topliss-reactive ketones (excluding diaryl/α,β-unsaturated/α-hetero) is 1. The van der Waals surface area contributed by atoms with E-state index >= 15 is 0 Å². The number of H-pyrrole nitrogens is 1. The number of aromatic amines is 1. The summed E-state index contributed by atoms with van der Waals surface area (Å²) >= 11 is 6.92. The maximum Gasteiger partial charge on any atom is 0.328 e. The third-order valence-electron chi connectivity index (χ3n) is 7.65. The number of rotatable bonds is 6. The van der Waals surface area contributed by atoms with Crippen LogP contribution in [0.25, 0.3) is 28.4 Å². The van der Waals surface area contributed by atoms with Crippen molar-refractivity contribution in [2.45, 2.75) is 49.4 Å². The molecule has 3 heterocycles.